The Morgan fingerprint density at radius 1 is 1.71 bits per heavy atom. The van der Waals surface area contributed by atoms with Crippen LogP contribution in [0.3, 0.4) is 0 Å². The number of carbonyl (C=O) groups is 1. The first-order valence-electron chi connectivity index (χ1n) is 3.47. The third kappa shape index (κ3) is 2.87. The zero-order valence-corrected chi connectivity index (χ0v) is 9.21. The van der Waals surface area contributed by atoms with Gasteiger partial charge in [0.1, 0.15) is 0 Å². The molecule has 7 heteroatoms. The first kappa shape index (κ1) is 11.3. The summed E-state index contributed by atoms with van der Waals surface area (Å²) < 4.78 is 0. The Balaban J connectivity index is 2.76. The Kier molecular flexibility index (Phi) is 3.74. The fraction of sp³-hybridized carbons (Fsp3) is 0.143. The summed E-state index contributed by atoms with van der Waals surface area (Å²) in [5.41, 5.74) is 0. The Morgan fingerprint density at radius 2 is 2.36 bits per heavy atom. The number of nitrogens with zero attached hydrogens (tertiary/aromatic N) is 1. The maximum atomic E-state index is 10.6. The highest BCUT2D eigenvalue weighted by Crippen LogP contribution is 2.26. The number of anilines is 1. The van der Waals surface area contributed by atoms with Crippen molar-refractivity contribution in [2.24, 2.45) is 0 Å². The van der Waals surface area contributed by atoms with E-state index in [1.165, 1.54) is 0 Å². The van der Waals surface area contributed by atoms with Crippen molar-refractivity contribution in [3.05, 3.63) is 21.6 Å². The molecule has 1 aromatic rings. The number of halogens is 2. The van der Waals surface area contributed by atoms with Crippen LogP contribution in [0, 0.1) is 0 Å². The second kappa shape index (κ2) is 4.63. The third-order valence-corrected chi connectivity index (χ3v) is 2.73. The highest BCUT2D eigenvalue weighted by Gasteiger charge is 2.15. The number of aromatic carboxylic acids is 1. The molecule has 76 valence electrons. The van der Waals surface area contributed by atoms with E-state index in [1.54, 1.807) is 0 Å². The van der Waals surface area contributed by atoms with Crippen LogP contribution in [0.2, 0.25) is 5.15 Å². The molecule has 1 heterocycles. The van der Waals surface area contributed by atoms with Gasteiger partial charge in [-0.05, 0) is 0 Å². The van der Waals surface area contributed by atoms with E-state index in [-0.39, 0.29) is 10.0 Å². The molecule has 2 N–H and O–H groups in total. The van der Waals surface area contributed by atoms with Gasteiger partial charge in [-0.2, -0.15) is 0 Å². The standard InChI is InChI=1S/C7H6Cl2N2O2S/c1-3(8)2-10-7-11-5(9)4(14-7)6(12)13/h1-2H2,(H,10,11)(H,12,13). The number of rotatable bonds is 4. The molecule has 1 aromatic heterocycles. The number of carboxylic acid groups (broad SMARTS) is 1. The lowest BCUT2D eigenvalue weighted by molar-refractivity contribution is 0.0702. The predicted molar refractivity (Wildman–Crippen MR) is 57.6 cm³/mol. The smallest absolute Gasteiger partial charge is 0.349 e. The minimum Gasteiger partial charge on any atom is -0.477 e. The molecule has 4 nitrogen and oxygen atoms in total. The van der Waals surface area contributed by atoms with Gasteiger partial charge < -0.3 is 10.4 Å². The molecule has 0 amide bonds. The van der Waals surface area contributed by atoms with Crippen LogP contribution in [0.15, 0.2) is 11.6 Å². The molecule has 0 aromatic carbocycles. The van der Waals surface area contributed by atoms with Gasteiger partial charge in [0, 0.05) is 5.03 Å². The maximum Gasteiger partial charge on any atom is 0.349 e. The van der Waals surface area contributed by atoms with Crippen LogP contribution < -0.4 is 5.32 Å². The van der Waals surface area contributed by atoms with Gasteiger partial charge in [0.2, 0.25) is 0 Å². The molecule has 0 atom stereocenters. The fourth-order valence-corrected chi connectivity index (χ4v) is 1.77. The number of hydrogen-bond donors (Lipinski definition) is 2. The van der Waals surface area contributed by atoms with Crippen molar-refractivity contribution in [3.8, 4) is 0 Å². The quantitative estimate of drug-likeness (QED) is 0.865. The monoisotopic (exact) mass is 252 g/mol. The van der Waals surface area contributed by atoms with E-state index >= 15 is 0 Å². The van der Waals surface area contributed by atoms with Gasteiger partial charge in [-0.25, -0.2) is 9.78 Å². The minimum atomic E-state index is -1.09. The molecule has 0 saturated heterocycles. The molecule has 0 aliphatic rings. The molecular weight excluding hydrogens is 247 g/mol. The summed E-state index contributed by atoms with van der Waals surface area (Å²) in [4.78, 5) is 14.4. The van der Waals surface area contributed by atoms with Crippen LogP contribution >= 0.6 is 34.5 Å². The molecule has 0 aliphatic heterocycles. The average Bonchev–Trinajstić information content (AvgIpc) is 2.43. The van der Waals surface area contributed by atoms with Crippen molar-refractivity contribution in [2.75, 3.05) is 11.9 Å². The van der Waals surface area contributed by atoms with Crippen LogP contribution in [0.5, 0.6) is 0 Å². The first-order valence-corrected chi connectivity index (χ1v) is 5.04. The largest absolute Gasteiger partial charge is 0.477 e. The van der Waals surface area contributed by atoms with Crippen LogP contribution in [0.1, 0.15) is 9.67 Å². The normalized spacial score (nSPS) is 9.86. The average molecular weight is 253 g/mol. The molecule has 0 unspecified atom stereocenters. The van der Waals surface area contributed by atoms with Crippen LogP contribution in [0.25, 0.3) is 0 Å². The van der Waals surface area contributed by atoms with Crippen molar-refractivity contribution < 1.29 is 9.90 Å². The topological polar surface area (TPSA) is 62.2 Å². The summed E-state index contributed by atoms with van der Waals surface area (Å²) in [6, 6.07) is 0. The van der Waals surface area contributed by atoms with E-state index in [2.05, 4.69) is 16.9 Å². The summed E-state index contributed by atoms with van der Waals surface area (Å²) in [6.07, 6.45) is 0. The van der Waals surface area contributed by atoms with Gasteiger partial charge in [0.25, 0.3) is 0 Å². The number of nitrogens with one attached hydrogen (secondary N) is 1. The highest BCUT2D eigenvalue weighted by atomic mass is 35.5. The lowest BCUT2D eigenvalue weighted by Crippen LogP contribution is -1.99. The maximum absolute atomic E-state index is 10.6. The van der Waals surface area contributed by atoms with E-state index in [0.29, 0.717) is 16.7 Å². The van der Waals surface area contributed by atoms with Gasteiger partial charge in [0.15, 0.2) is 15.2 Å². The fourth-order valence-electron chi connectivity index (χ4n) is 0.681. The van der Waals surface area contributed by atoms with Crippen molar-refractivity contribution in [1.29, 1.82) is 0 Å². The highest BCUT2D eigenvalue weighted by molar-refractivity contribution is 7.18. The van der Waals surface area contributed by atoms with Gasteiger partial charge in [-0.1, -0.05) is 41.1 Å². The second-order valence-electron chi connectivity index (χ2n) is 2.31. The third-order valence-electron chi connectivity index (χ3n) is 1.21. The molecule has 0 bridgehead atoms. The SMILES string of the molecule is C=C(Cl)CNc1nc(Cl)c(C(=O)O)s1. The van der Waals surface area contributed by atoms with Gasteiger partial charge >= 0.3 is 5.97 Å². The molecular formula is C7H6Cl2N2O2S. The summed E-state index contributed by atoms with van der Waals surface area (Å²) in [5.74, 6) is -1.09. The zero-order chi connectivity index (χ0) is 10.7. The van der Waals surface area contributed by atoms with Crippen LogP contribution in [-0.4, -0.2) is 22.6 Å². The Hall–Kier alpha value is -0.780. The van der Waals surface area contributed by atoms with Crippen LogP contribution in [-0.2, 0) is 0 Å². The van der Waals surface area contributed by atoms with Crippen molar-refractivity contribution in [3.63, 3.8) is 0 Å². The number of hydrogen-bond acceptors (Lipinski definition) is 4. The molecule has 0 spiro atoms. The minimum absolute atomic E-state index is 0.00866. The van der Waals surface area contributed by atoms with Crippen LogP contribution in [0.4, 0.5) is 5.13 Å². The van der Waals surface area contributed by atoms with Gasteiger partial charge in [-0.15, -0.1) is 0 Å². The van der Waals surface area contributed by atoms with E-state index in [0.717, 1.165) is 11.3 Å². The van der Waals surface area contributed by atoms with Gasteiger partial charge in [0.05, 0.1) is 6.54 Å². The van der Waals surface area contributed by atoms with Crippen molar-refractivity contribution in [1.82, 2.24) is 4.98 Å². The lowest BCUT2D eigenvalue weighted by Gasteiger charge is -1.97. The number of carboxylic acids is 1. The predicted octanol–water partition coefficient (Wildman–Crippen LogP) is 2.66. The Bertz CT molecular complexity index is 378. The van der Waals surface area contributed by atoms with E-state index in [9.17, 15) is 4.79 Å². The van der Waals surface area contributed by atoms with Crippen molar-refractivity contribution in [2.45, 2.75) is 0 Å². The number of aromatic nitrogens is 1. The summed E-state index contributed by atoms with van der Waals surface area (Å²) in [5, 5.41) is 12.3. The zero-order valence-electron chi connectivity index (χ0n) is 6.88. The summed E-state index contributed by atoms with van der Waals surface area (Å²) in [7, 11) is 0. The van der Waals surface area contributed by atoms with Gasteiger partial charge in [-0.3, -0.25) is 0 Å². The molecule has 0 aliphatic carbocycles. The summed E-state index contributed by atoms with van der Waals surface area (Å²) in [6.45, 7) is 3.79. The molecule has 1 rings (SSSR count). The summed E-state index contributed by atoms with van der Waals surface area (Å²) >= 11 is 12.0. The first-order chi connectivity index (χ1) is 6.50. The van der Waals surface area contributed by atoms with E-state index < -0.39 is 5.97 Å². The lowest BCUT2D eigenvalue weighted by atomic mass is 10.6. The molecule has 0 saturated carbocycles. The van der Waals surface area contributed by atoms with E-state index in [1.807, 2.05) is 0 Å². The number of thiazole rings is 1. The van der Waals surface area contributed by atoms with Crippen molar-refractivity contribution >= 4 is 45.6 Å². The molecule has 14 heavy (non-hydrogen) atoms. The second-order valence-corrected chi connectivity index (χ2v) is 4.21. The molecule has 0 radical (unpaired) electrons. The molecule has 0 fully saturated rings. The van der Waals surface area contributed by atoms with E-state index in [4.69, 9.17) is 28.3 Å². The Morgan fingerprint density at radius 3 is 2.79 bits per heavy atom. The Labute approximate surface area is 94.2 Å².